The largest absolute Gasteiger partial charge is 0.369 e. The Morgan fingerprint density at radius 2 is 2.24 bits per heavy atom. The summed E-state index contributed by atoms with van der Waals surface area (Å²) in [7, 11) is -3.62. The molecule has 0 aliphatic rings. The lowest BCUT2D eigenvalue weighted by molar-refractivity contribution is 0.581. The molecule has 114 valence electrons. The lowest BCUT2D eigenvalue weighted by Crippen LogP contribution is -2.23. The third-order valence-corrected chi connectivity index (χ3v) is 5.10. The van der Waals surface area contributed by atoms with Crippen LogP contribution in [0.3, 0.4) is 0 Å². The van der Waals surface area contributed by atoms with Gasteiger partial charge in [-0.2, -0.15) is 11.3 Å². The predicted molar refractivity (Wildman–Crippen MR) is 86.4 cm³/mol. The van der Waals surface area contributed by atoms with Gasteiger partial charge in [0.2, 0.25) is 10.0 Å². The summed E-state index contributed by atoms with van der Waals surface area (Å²) >= 11 is 7.58. The van der Waals surface area contributed by atoms with Crippen molar-refractivity contribution in [3.63, 3.8) is 0 Å². The molecule has 0 saturated heterocycles. The maximum absolute atomic E-state index is 12.2. The van der Waals surface area contributed by atoms with E-state index in [0.717, 1.165) is 18.5 Å². The number of anilines is 1. The Hall–Kier alpha value is -1.15. The van der Waals surface area contributed by atoms with Gasteiger partial charge in [0.15, 0.2) is 0 Å². The van der Waals surface area contributed by atoms with Crippen molar-refractivity contribution in [1.29, 1.82) is 0 Å². The zero-order chi connectivity index (χ0) is 15.3. The average molecular weight is 346 g/mol. The van der Waals surface area contributed by atoms with Gasteiger partial charge in [-0.05, 0) is 34.9 Å². The molecule has 0 bridgehead atoms. The second-order valence-electron chi connectivity index (χ2n) is 4.38. The van der Waals surface area contributed by atoms with E-state index in [9.17, 15) is 8.42 Å². The Kier molecular flexibility index (Phi) is 5.58. The lowest BCUT2D eigenvalue weighted by Gasteiger charge is -2.09. The van der Waals surface area contributed by atoms with Gasteiger partial charge < -0.3 is 5.32 Å². The quantitative estimate of drug-likeness (QED) is 0.809. The smallest absolute Gasteiger partial charge is 0.242 e. The molecule has 2 aromatic heterocycles. The molecule has 0 aliphatic heterocycles. The molecule has 0 aliphatic carbocycles. The van der Waals surface area contributed by atoms with Crippen LogP contribution in [0.5, 0.6) is 0 Å². The first-order valence-electron chi connectivity index (χ1n) is 6.43. The second kappa shape index (κ2) is 7.22. The maximum atomic E-state index is 12.2. The van der Waals surface area contributed by atoms with E-state index in [1.165, 1.54) is 23.6 Å². The number of aromatic nitrogens is 1. The molecule has 0 spiro atoms. The number of thiophene rings is 1. The SMILES string of the molecule is CCCNc1ncc(S(=O)(=O)NCc2ccsc2)cc1Cl. The third kappa shape index (κ3) is 4.41. The minimum Gasteiger partial charge on any atom is -0.369 e. The van der Waals surface area contributed by atoms with E-state index in [2.05, 4.69) is 15.0 Å². The molecule has 0 fully saturated rings. The second-order valence-corrected chi connectivity index (χ2v) is 7.34. The zero-order valence-corrected chi connectivity index (χ0v) is 13.9. The van der Waals surface area contributed by atoms with Crippen LogP contribution in [0.2, 0.25) is 5.02 Å². The molecule has 0 radical (unpaired) electrons. The number of rotatable bonds is 7. The summed E-state index contributed by atoms with van der Waals surface area (Å²) in [6, 6.07) is 3.28. The molecule has 21 heavy (non-hydrogen) atoms. The highest BCUT2D eigenvalue weighted by molar-refractivity contribution is 7.89. The normalized spacial score (nSPS) is 11.5. The van der Waals surface area contributed by atoms with Crippen LogP contribution >= 0.6 is 22.9 Å². The van der Waals surface area contributed by atoms with Crippen molar-refractivity contribution in [3.8, 4) is 0 Å². The summed E-state index contributed by atoms with van der Waals surface area (Å²) in [4.78, 5) is 4.13. The van der Waals surface area contributed by atoms with E-state index in [0.29, 0.717) is 10.8 Å². The van der Waals surface area contributed by atoms with Crippen molar-refractivity contribution in [2.75, 3.05) is 11.9 Å². The summed E-state index contributed by atoms with van der Waals surface area (Å²) in [6.45, 7) is 3.00. The molecule has 2 aromatic rings. The molecule has 0 amide bonds. The van der Waals surface area contributed by atoms with E-state index >= 15 is 0 Å². The fourth-order valence-corrected chi connectivity index (χ4v) is 3.55. The number of nitrogens with one attached hydrogen (secondary N) is 2. The monoisotopic (exact) mass is 345 g/mol. The third-order valence-electron chi connectivity index (χ3n) is 2.72. The van der Waals surface area contributed by atoms with Crippen molar-refractivity contribution in [2.45, 2.75) is 24.8 Å². The maximum Gasteiger partial charge on any atom is 0.242 e. The van der Waals surface area contributed by atoms with Crippen LogP contribution in [0.4, 0.5) is 5.82 Å². The van der Waals surface area contributed by atoms with Crippen molar-refractivity contribution in [1.82, 2.24) is 9.71 Å². The van der Waals surface area contributed by atoms with Crippen LogP contribution in [0.25, 0.3) is 0 Å². The van der Waals surface area contributed by atoms with E-state index in [1.807, 2.05) is 23.8 Å². The van der Waals surface area contributed by atoms with Crippen LogP contribution in [0.1, 0.15) is 18.9 Å². The fraction of sp³-hybridized carbons (Fsp3) is 0.308. The molecule has 0 unspecified atom stereocenters. The standard InChI is InChI=1S/C13H16ClN3O2S2/c1-2-4-15-13-12(14)6-11(8-16-13)21(18,19)17-7-10-3-5-20-9-10/h3,5-6,8-9,17H,2,4,7H2,1H3,(H,15,16). The van der Waals surface area contributed by atoms with Gasteiger partial charge in [-0.15, -0.1) is 0 Å². The van der Waals surface area contributed by atoms with Gasteiger partial charge in [0.05, 0.1) is 5.02 Å². The zero-order valence-electron chi connectivity index (χ0n) is 11.5. The van der Waals surface area contributed by atoms with Crippen molar-refractivity contribution < 1.29 is 8.42 Å². The number of hydrogen-bond acceptors (Lipinski definition) is 5. The van der Waals surface area contributed by atoms with E-state index in [-0.39, 0.29) is 11.4 Å². The van der Waals surface area contributed by atoms with Crippen molar-refractivity contribution in [3.05, 3.63) is 39.7 Å². The number of nitrogens with zero attached hydrogens (tertiary/aromatic N) is 1. The molecule has 0 aromatic carbocycles. The topological polar surface area (TPSA) is 71.1 Å². The van der Waals surface area contributed by atoms with Crippen LogP contribution in [0.15, 0.2) is 34.0 Å². The van der Waals surface area contributed by atoms with Crippen molar-refractivity contribution in [2.24, 2.45) is 0 Å². The predicted octanol–water partition coefficient (Wildman–Crippen LogP) is 3.10. The summed E-state index contributed by atoms with van der Waals surface area (Å²) in [5.41, 5.74) is 0.920. The minimum atomic E-state index is -3.62. The Bertz CT molecular complexity index is 687. The lowest BCUT2D eigenvalue weighted by atomic mass is 10.4. The molecule has 0 saturated carbocycles. The summed E-state index contributed by atoms with van der Waals surface area (Å²) in [5.74, 6) is 0.496. The molecular formula is C13H16ClN3O2S2. The highest BCUT2D eigenvalue weighted by atomic mass is 35.5. The molecule has 0 atom stereocenters. The van der Waals surface area contributed by atoms with Gasteiger partial charge in [0, 0.05) is 19.3 Å². The first kappa shape index (κ1) is 16.2. The Labute approximate surface area is 133 Å². The highest BCUT2D eigenvalue weighted by Gasteiger charge is 2.16. The molecule has 5 nitrogen and oxygen atoms in total. The Morgan fingerprint density at radius 3 is 2.86 bits per heavy atom. The summed E-state index contributed by atoms with van der Waals surface area (Å²) in [6.07, 6.45) is 2.24. The van der Waals surface area contributed by atoms with Gasteiger partial charge in [-0.25, -0.2) is 18.1 Å². The fourth-order valence-electron chi connectivity index (χ4n) is 1.60. The van der Waals surface area contributed by atoms with Gasteiger partial charge >= 0.3 is 0 Å². The van der Waals surface area contributed by atoms with Crippen LogP contribution < -0.4 is 10.0 Å². The molecule has 8 heteroatoms. The highest BCUT2D eigenvalue weighted by Crippen LogP contribution is 2.22. The average Bonchev–Trinajstić information content (AvgIpc) is 2.97. The van der Waals surface area contributed by atoms with Crippen LogP contribution in [-0.4, -0.2) is 19.9 Å². The van der Waals surface area contributed by atoms with Crippen LogP contribution in [-0.2, 0) is 16.6 Å². The Balaban J connectivity index is 2.10. The van der Waals surface area contributed by atoms with E-state index in [4.69, 9.17) is 11.6 Å². The number of pyridine rings is 1. The first-order chi connectivity index (χ1) is 10.0. The van der Waals surface area contributed by atoms with E-state index < -0.39 is 10.0 Å². The van der Waals surface area contributed by atoms with Gasteiger partial charge in [0.1, 0.15) is 10.7 Å². The van der Waals surface area contributed by atoms with Crippen LogP contribution in [0, 0.1) is 0 Å². The summed E-state index contributed by atoms with van der Waals surface area (Å²) < 4.78 is 26.9. The molecule has 2 heterocycles. The molecule has 2 rings (SSSR count). The number of halogens is 1. The number of hydrogen-bond donors (Lipinski definition) is 2. The number of sulfonamides is 1. The van der Waals surface area contributed by atoms with Gasteiger partial charge in [0.25, 0.3) is 0 Å². The summed E-state index contributed by atoms with van der Waals surface area (Å²) in [5, 5.41) is 7.13. The molecular weight excluding hydrogens is 330 g/mol. The first-order valence-corrected chi connectivity index (χ1v) is 9.23. The van der Waals surface area contributed by atoms with Crippen molar-refractivity contribution >= 4 is 38.8 Å². The van der Waals surface area contributed by atoms with Gasteiger partial charge in [-0.1, -0.05) is 18.5 Å². The molecule has 2 N–H and O–H groups in total. The minimum absolute atomic E-state index is 0.0600. The van der Waals surface area contributed by atoms with Gasteiger partial charge in [-0.3, -0.25) is 0 Å². The van der Waals surface area contributed by atoms with E-state index in [1.54, 1.807) is 0 Å². The Morgan fingerprint density at radius 1 is 1.43 bits per heavy atom.